The van der Waals surface area contributed by atoms with Crippen LogP contribution in [0.3, 0.4) is 0 Å². The zero-order valence-corrected chi connectivity index (χ0v) is 18.4. The molecular formula is C22H30N6O4. The number of rotatable bonds is 11. The Morgan fingerprint density at radius 2 is 2.25 bits per heavy atom. The van der Waals surface area contributed by atoms with Gasteiger partial charge in [-0.2, -0.15) is 0 Å². The maximum Gasteiger partial charge on any atom is 0.252 e. The average Bonchev–Trinajstić information content (AvgIpc) is 3.45. The van der Waals surface area contributed by atoms with Crippen molar-refractivity contribution >= 4 is 10.9 Å². The SMILES string of the molecule is CCOc1ccc2[nH]c(=O)c(CN(CCCO)Cc3nnnn3C[C@H]3CCCO3)cc2c1. The summed E-state index contributed by atoms with van der Waals surface area (Å²) in [6.45, 7) is 5.48. The molecule has 10 heteroatoms. The van der Waals surface area contributed by atoms with Crippen molar-refractivity contribution in [2.45, 2.75) is 51.9 Å². The van der Waals surface area contributed by atoms with E-state index in [0.717, 1.165) is 36.1 Å². The van der Waals surface area contributed by atoms with Gasteiger partial charge in [0.15, 0.2) is 5.82 Å². The van der Waals surface area contributed by atoms with Crippen molar-refractivity contribution in [2.75, 3.05) is 26.4 Å². The van der Waals surface area contributed by atoms with Gasteiger partial charge in [0.25, 0.3) is 5.56 Å². The van der Waals surface area contributed by atoms with Gasteiger partial charge < -0.3 is 19.6 Å². The first-order valence-corrected chi connectivity index (χ1v) is 11.1. The van der Waals surface area contributed by atoms with Crippen molar-refractivity contribution in [3.05, 3.63) is 46.0 Å². The van der Waals surface area contributed by atoms with Crippen molar-refractivity contribution in [2.24, 2.45) is 0 Å². The highest BCUT2D eigenvalue weighted by Gasteiger charge is 2.20. The van der Waals surface area contributed by atoms with Gasteiger partial charge >= 0.3 is 0 Å². The van der Waals surface area contributed by atoms with E-state index < -0.39 is 0 Å². The summed E-state index contributed by atoms with van der Waals surface area (Å²) in [6.07, 6.45) is 2.78. The van der Waals surface area contributed by atoms with Crippen molar-refractivity contribution in [1.29, 1.82) is 0 Å². The summed E-state index contributed by atoms with van der Waals surface area (Å²) in [5, 5.41) is 22.4. The number of pyridine rings is 1. The molecule has 2 N–H and O–H groups in total. The lowest BCUT2D eigenvalue weighted by atomic mass is 10.1. The van der Waals surface area contributed by atoms with Crippen molar-refractivity contribution in [1.82, 2.24) is 30.1 Å². The lowest BCUT2D eigenvalue weighted by molar-refractivity contribution is 0.0915. The molecule has 1 aliphatic heterocycles. The minimum absolute atomic E-state index is 0.0726. The Hall–Kier alpha value is -2.82. The van der Waals surface area contributed by atoms with E-state index in [9.17, 15) is 9.90 Å². The fraction of sp³-hybridized carbons (Fsp3) is 0.545. The fourth-order valence-electron chi connectivity index (χ4n) is 4.01. The number of ether oxygens (including phenoxy) is 2. The van der Waals surface area contributed by atoms with Gasteiger partial charge in [-0.3, -0.25) is 9.69 Å². The molecule has 1 fully saturated rings. The van der Waals surface area contributed by atoms with Crippen molar-refractivity contribution in [3.8, 4) is 5.75 Å². The van der Waals surface area contributed by atoms with Crippen LogP contribution >= 0.6 is 0 Å². The molecule has 0 spiro atoms. The number of nitrogens with zero attached hydrogens (tertiary/aromatic N) is 5. The molecule has 3 heterocycles. The molecule has 172 valence electrons. The van der Waals surface area contributed by atoms with Crippen LogP contribution in [0, 0.1) is 0 Å². The predicted octanol–water partition coefficient (Wildman–Crippen LogP) is 1.48. The van der Waals surface area contributed by atoms with Crippen LogP contribution in [0.4, 0.5) is 0 Å². The Balaban J connectivity index is 1.53. The first kappa shape index (κ1) is 22.4. The third-order valence-electron chi connectivity index (χ3n) is 5.60. The maximum atomic E-state index is 12.7. The predicted molar refractivity (Wildman–Crippen MR) is 118 cm³/mol. The Kier molecular flexibility index (Phi) is 7.46. The molecule has 0 bridgehead atoms. The van der Waals surface area contributed by atoms with Gasteiger partial charge in [0.2, 0.25) is 0 Å². The zero-order valence-electron chi connectivity index (χ0n) is 18.4. The monoisotopic (exact) mass is 442 g/mol. The molecule has 1 aromatic carbocycles. The van der Waals surface area contributed by atoms with Crippen LogP contribution in [0.2, 0.25) is 0 Å². The zero-order chi connectivity index (χ0) is 22.3. The molecule has 0 amide bonds. The molecule has 0 aliphatic carbocycles. The number of aromatic nitrogens is 5. The topological polar surface area (TPSA) is 118 Å². The van der Waals surface area contributed by atoms with Crippen molar-refractivity contribution < 1.29 is 14.6 Å². The van der Waals surface area contributed by atoms with Crippen LogP contribution in [0.5, 0.6) is 5.75 Å². The summed E-state index contributed by atoms with van der Waals surface area (Å²) >= 11 is 0. The minimum Gasteiger partial charge on any atom is -0.494 e. The van der Waals surface area contributed by atoms with Crippen LogP contribution in [0.15, 0.2) is 29.1 Å². The highest BCUT2D eigenvalue weighted by atomic mass is 16.5. The van der Waals surface area contributed by atoms with Gasteiger partial charge in [0.1, 0.15) is 5.75 Å². The van der Waals surface area contributed by atoms with E-state index >= 15 is 0 Å². The number of H-pyrrole nitrogens is 1. The first-order chi connectivity index (χ1) is 15.7. The molecule has 0 unspecified atom stereocenters. The number of hydrogen-bond donors (Lipinski definition) is 2. The van der Waals surface area contributed by atoms with Crippen molar-refractivity contribution in [3.63, 3.8) is 0 Å². The van der Waals surface area contributed by atoms with Gasteiger partial charge in [-0.05, 0) is 60.9 Å². The highest BCUT2D eigenvalue weighted by Crippen LogP contribution is 2.20. The van der Waals surface area contributed by atoms with E-state index in [0.29, 0.717) is 50.6 Å². The number of fused-ring (bicyclic) bond motifs is 1. The number of tetrazole rings is 1. The Labute approximate surface area is 186 Å². The molecule has 1 saturated heterocycles. The molecule has 32 heavy (non-hydrogen) atoms. The molecule has 0 radical (unpaired) electrons. The molecule has 3 aromatic rings. The Bertz CT molecular complexity index is 1080. The standard InChI is InChI=1S/C22H30N6O4/c1-2-31-18-6-7-20-16(12-18)11-17(22(30)23-20)13-27(8-4-9-29)15-21-24-25-26-28(21)14-19-5-3-10-32-19/h6-7,11-12,19,29H,2-5,8-10,13-15H2,1H3,(H,23,30)/t19-/m1/s1. The summed E-state index contributed by atoms with van der Waals surface area (Å²) < 4.78 is 13.1. The van der Waals surface area contributed by atoms with E-state index in [1.54, 1.807) is 4.68 Å². The van der Waals surface area contributed by atoms with E-state index in [2.05, 4.69) is 25.4 Å². The summed E-state index contributed by atoms with van der Waals surface area (Å²) in [4.78, 5) is 17.8. The lowest BCUT2D eigenvalue weighted by Crippen LogP contribution is -2.30. The number of nitrogens with one attached hydrogen (secondary N) is 1. The van der Waals surface area contributed by atoms with Gasteiger partial charge in [-0.15, -0.1) is 5.10 Å². The van der Waals surface area contributed by atoms with Crippen LogP contribution in [0.1, 0.15) is 37.6 Å². The van der Waals surface area contributed by atoms with Crippen LogP contribution in [-0.2, 0) is 24.4 Å². The van der Waals surface area contributed by atoms with E-state index in [1.165, 1.54) is 0 Å². The summed E-state index contributed by atoms with van der Waals surface area (Å²) in [7, 11) is 0. The third kappa shape index (κ3) is 5.50. The number of benzene rings is 1. The lowest BCUT2D eigenvalue weighted by Gasteiger charge is -2.21. The smallest absolute Gasteiger partial charge is 0.252 e. The summed E-state index contributed by atoms with van der Waals surface area (Å²) in [5.74, 6) is 1.48. The maximum absolute atomic E-state index is 12.7. The molecular weight excluding hydrogens is 412 g/mol. The number of aromatic amines is 1. The fourth-order valence-corrected chi connectivity index (χ4v) is 4.01. The van der Waals surface area contributed by atoms with Crippen LogP contribution in [-0.4, -0.2) is 67.7 Å². The number of aliphatic hydroxyl groups is 1. The second-order valence-electron chi connectivity index (χ2n) is 8.01. The molecule has 1 atom stereocenters. The van der Waals surface area contributed by atoms with Gasteiger partial charge in [0, 0.05) is 42.8 Å². The molecule has 0 saturated carbocycles. The first-order valence-electron chi connectivity index (χ1n) is 11.1. The second kappa shape index (κ2) is 10.7. The second-order valence-corrected chi connectivity index (χ2v) is 8.01. The van der Waals surface area contributed by atoms with Gasteiger partial charge in [0.05, 0.1) is 25.8 Å². The minimum atomic E-state index is -0.130. The quantitative estimate of drug-likeness (QED) is 0.458. The molecule has 10 nitrogen and oxygen atoms in total. The molecule has 2 aromatic heterocycles. The summed E-state index contributed by atoms with van der Waals surface area (Å²) in [5.41, 5.74) is 1.28. The van der Waals surface area contributed by atoms with Crippen LogP contribution < -0.4 is 10.3 Å². The van der Waals surface area contributed by atoms with Gasteiger partial charge in [-0.25, -0.2) is 4.68 Å². The molecule has 1 aliphatic rings. The number of hydrogen-bond acceptors (Lipinski definition) is 8. The highest BCUT2D eigenvalue weighted by molar-refractivity contribution is 5.80. The van der Waals surface area contributed by atoms with E-state index in [-0.39, 0.29) is 18.3 Å². The van der Waals surface area contributed by atoms with E-state index in [1.807, 2.05) is 31.2 Å². The number of aliphatic hydroxyl groups excluding tert-OH is 1. The Morgan fingerprint density at radius 3 is 3.03 bits per heavy atom. The normalized spacial score (nSPS) is 16.3. The molecule has 4 rings (SSSR count). The third-order valence-corrected chi connectivity index (χ3v) is 5.60. The van der Waals surface area contributed by atoms with E-state index in [4.69, 9.17) is 9.47 Å². The van der Waals surface area contributed by atoms with Crippen LogP contribution in [0.25, 0.3) is 10.9 Å². The Morgan fingerprint density at radius 1 is 1.34 bits per heavy atom. The largest absolute Gasteiger partial charge is 0.494 e. The summed E-state index contributed by atoms with van der Waals surface area (Å²) in [6, 6.07) is 7.54. The van der Waals surface area contributed by atoms with Gasteiger partial charge in [-0.1, -0.05) is 0 Å². The average molecular weight is 443 g/mol.